The molecule has 0 radical (unpaired) electrons. The van der Waals surface area contributed by atoms with Gasteiger partial charge in [-0.3, -0.25) is 0 Å². The predicted octanol–water partition coefficient (Wildman–Crippen LogP) is 6.06. The predicted molar refractivity (Wildman–Crippen MR) is 94.6 cm³/mol. The highest BCUT2D eigenvalue weighted by Gasteiger charge is 2.32. The smallest absolute Gasteiger partial charge is 0.396 e. The first kappa shape index (κ1) is 22.0. The van der Waals surface area contributed by atoms with Crippen molar-refractivity contribution in [2.45, 2.75) is 31.6 Å². The highest BCUT2D eigenvalue weighted by atomic mass is 19.4. The maximum Gasteiger partial charge on any atom is 0.416 e. The largest absolute Gasteiger partial charge is 0.416 e. The molecule has 152 valence electrons. The van der Waals surface area contributed by atoms with Gasteiger partial charge in [-0.2, -0.15) is 26.3 Å². The molecule has 0 fully saturated rings. The maximum atomic E-state index is 12.7. The minimum Gasteiger partial charge on any atom is -0.396 e. The highest BCUT2D eigenvalue weighted by molar-refractivity contribution is 5.29. The molecule has 0 unspecified atom stereocenters. The third kappa shape index (κ3) is 5.61. The van der Waals surface area contributed by atoms with Gasteiger partial charge in [0, 0.05) is 6.61 Å². The standard InChI is InChI=1S/C21H20F6O/c1-2-19(11-12-28,13-15-3-7-17(8-4-15)20(22,23)24)14-16-5-9-18(10-6-16)21(25,26)27/h2-10,28H,1,11-14H2. The van der Waals surface area contributed by atoms with Gasteiger partial charge in [-0.1, -0.05) is 30.3 Å². The van der Waals surface area contributed by atoms with E-state index in [1.54, 1.807) is 6.08 Å². The van der Waals surface area contributed by atoms with Crippen molar-refractivity contribution in [3.8, 4) is 0 Å². The summed E-state index contributed by atoms with van der Waals surface area (Å²) in [5.74, 6) is 0. The summed E-state index contributed by atoms with van der Waals surface area (Å²) in [6.45, 7) is 3.60. The molecular formula is C21H20F6O. The van der Waals surface area contributed by atoms with Gasteiger partial charge in [0.1, 0.15) is 0 Å². The Bertz CT molecular complexity index is 713. The first-order valence-electron chi connectivity index (χ1n) is 8.56. The topological polar surface area (TPSA) is 20.2 Å². The Kier molecular flexibility index (Phi) is 6.59. The van der Waals surface area contributed by atoms with Crippen molar-refractivity contribution in [2.75, 3.05) is 6.61 Å². The molecule has 2 rings (SSSR count). The zero-order chi connectivity index (χ0) is 21.0. The van der Waals surface area contributed by atoms with Gasteiger partial charge in [-0.25, -0.2) is 0 Å². The average molecular weight is 402 g/mol. The second-order valence-electron chi connectivity index (χ2n) is 6.78. The Labute approximate surface area is 159 Å². The van der Waals surface area contributed by atoms with Crippen LogP contribution in [0.3, 0.4) is 0 Å². The van der Waals surface area contributed by atoms with Crippen molar-refractivity contribution in [1.82, 2.24) is 0 Å². The fourth-order valence-electron chi connectivity index (χ4n) is 3.14. The molecule has 28 heavy (non-hydrogen) atoms. The molecule has 0 amide bonds. The molecule has 0 saturated heterocycles. The Balaban J connectivity index is 2.25. The molecule has 0 bridgehead atoms. The molecule has 2 aromatic carbocycles. The van der Waals surface area contributed by atoms with Gasteiger partial charge in [0.05, 0.1) is 11.1 Å². The SMILES string of the molecule is C=CC(CCO)(Cc1ccc(C(F)(F)F)cc1)Cc1ccc(C(F)(F)F)cc1. The van der Waals surface area contributed by atoms with Crippen LogP contribution < -0.4 is 0 Å². The number of hydrogen-bond acceptors (Lipinski definition) is 1. The van der Waals surface area contributed by atoms with Crippen LogP contribution >= 0.6 is 0 Å². The van der Waals surface area contributed by atoms with Crippen molar-refractivity contribution in [3.63, 3.8) is 0 Å². The first-order valence-corrected chi connectivity index (χ1v) is 8.56. The van der Waals surface area contributed by atoms with Crippen LogP contribution in [0, 0.1) is 5.41 Å². The molecule has 0 saturated carbocycles. The van der Waals surface area contributed by atoms with Crippen LogP contribution in [0.25, 0.3) is 0 Å². The number of allylic oxidation sites excluding steroid dienone is 1. The van der Waals surface area contributed by atoms with Gasteiger partial charge in [-0.15, -0.1) is 6.58 Å². The van der Waals surface area contributed by atoms with E-state index < -0.39 is 28.9 Å². The summed E-state index contributed by atoms with van der Waals surface area (Å²) in [7, 11) is 0. The molecule has 1 nitrogen and oxygen atoms in total. The zero-order valence-electron chi connectivity index (χ0n) is 14.9. The lowest BCUT2D eigenvalue weighted by atomic mass is 9.74. The number of rotatable bonds is 7. The molecule has 7 heteroatoms. The molecule has 2 aromatic rings. The van der Waals surface area contributed by atoms with Crippen molar-refractivity contribution in [2.24, 2.45) is 5.41 Å². The van der Waals surface area contributed by atoms with Crippen LogP contribution in [0.1, 0.15) is 28.7 Å². The molecule has 1 N–H and O–H groups in total. The third-order valence-corrected chi connectivity index (χ3v) is 4.72. The van der Waals surface area contributed by atoms with Gasteiger partial charge < -0.3 is 5.11 Å². The number of aliphatic hydroxyl groups is 1. The van der Waals surface area contributed by atoms with Gasteiger partial charge in [0.25, 0.3) is 0 Å². The van der Waals surface area contributed by atoms with Crippen LogP contribution in [0.4, 0.5) is 26.3 Å². The van der Waals surface area contributed by atoms with E-state index >= 15 is 0 Å². The molecule has 0 aromatic heterocycles. The molecule has 0 atom stereocenters. The fraction of sp³-hybridized carbons (Fsp3) is 0.333. The van der Waals surface area contributed by atoms with E-state index in [4.69, 9.17) is 0 Å². The summed E-state index contributed by atoms with van der Waals surface area (Å²) < 4.78 is 76.3. The van der Waals surface area contributed by atoms with Crippen molar-refractivity contribution in [1.29, 1.82) is 0 Å². The van der Waals surface area contributed by atoms with Gasteiger partial charge in [-0.05, 0) is 60.1 Å². The first-order chi connectivity index (χ1) is 13.0. The van der Waals surface area contributed by atoms with E-state index in [0.717, 1.165) is 24.3 Å². The van der Waals surface area contributed by atoms with Crippen LogP contribution in [0.2, 0.25) is 0 Å². The summed E-state index contributed by atoms with van der Waals surface area (Å²) in [5, 5.41) is 9.45. The van der Waals surface area contributed by atoms with Crippen LogP contribution in [0.5, 0.6) is 0 Å². The average Bonchev–Trinajstić information content (AvgIpc) is 2.61. The monoisotopic (exact) mass is 402 g/mol. The number of halogens is 6. The van der Waals surface area contributed by atoms with Gasteiger partial charge in [0.2, 0.25) is 0 Å². The van der Waals surface area contributed by atoms with Crippen molar-refractivity contribution in [3.05, 3.63) is 83.4 Å². The summed E-state index contributed by atoms with van der Waals surface area (Å²) in [6.07, 6.45) is -6.37. The fourth-order valence-corrected chi connectivity index (χ4v) is 3.14. The van der Waals surface area contributed by atoms with Gasteiger partial charge >= 0.3 is 12.4 Å². The normalized spacial score (nSPS) is 12.8. The lowest BCUT2D eigenvalue weighted by Gasteiger charge is -2.31. The quantitative estimate of drug-likeness (QED) is 0.441. The van der Waals surface area contributed by atoms with Crippen LogP contribution in [0.15, 0.2) is 61.2 Å². The second-order valence-corrected chi connectivity index (χ2v) is 6.78. The maximum absolute atomic E-state index is 12.7. The van der Waals surface area contributed by atoms with E-state index in [2.05, 4.69) is 6.58 Å². The van der Waals surface area contributed by atoms with E-state index in [1.807, 2.05) is 0 Å². The van der Waals surface area contributed by atoms with Crippen molar-refractivity contribution < 1.29 is 31.4 Å². The number of aliphatic hydroxyl groups excluding tert-OH is 1. The summed E-state index contributed by atoms with van der Waals surface area (Å²) in [5.41, 5.74) is -0.980. The van der Waals surface area contributed by atoms with Crippen LogP contribution in [-0.4, -0.2) is 11.7 Å². The molecule has 0 aliphatic rings. The highest BCUT2D eigenvalue weighted by Crippen LogP contribution is 2.36. The zero-order valence-corrected chi connectivity index (χ0v) is 14.9. The van der Waals surface area contributed by atoms with Gasteiger partial charge in [0.15, 0.2) is 0 Å². The lowest BCUT2D eigenvalue weighted by molar-refractivity contribution is -0.138. The number of alkyl halides is 6. The molecule has 0 heterocycles. The minimum absolute atomic E-state index is 0.187. The van der Waals surface area contributed by atoms with E-state index in [-0.39, 0.29) is 13.0 Å². The Hall–Kier alpha value is -2.28. The molecule has 0 aliphatic carbocycles. The lowest BCUT2D eigenvalue weighted by Crippen LogP contribution is -2.26. The Morgan fingerprint density at radius 2 is 1.07 bits per heavy atom. The molecular weight excluding hydrogens is 382 g/mol. The van der Waals surface area contributed by atoms with E-state index in [9.17, 15) is 31.4 Å². The van der Waals surface area contributed by atoms with E-state index in [1.165, 1.54) is 24.3 Å². The third-order valence-electron chi connectivity index (χ3n) is 4.72. The second kappa shape index (κ2) is 8.39. The summed E-state index contributed by atoms with van der Waals surface area (Å²) in [6, 6.07) is 9.41. The van der Waals surface area contributed by atoms with E-state index in [0.29, 0.717) is 24.0 Å². The number of benzene rings is 2. The number of hydrogen-bond donors (Lipinski definition) is 1. The molecule has 0 aliphatic heterocycles. The van der Waals surface area contributed by atoms with Crippen molar-refractivity contribution >= 4 is 0 Å². The molecule has 0 spiro atoms. The Morgan fingerprint density at radius 3 is 1.32 bits per heavy atom. The van der Waals surface area contributed by atoms with Crippen LogP contribution in [-0.2, 0) is 25.2 Å². The summed E-state index contributed by atoms with van der Waals surface area (Å²) >= 11 is 0. The summed E-state index contributed by atoms with van der Waals surface area (Å²) in [4.78, 5) is 0. The Morgan fingerprint density at radius 1 is 0.714 bits per heavy atom. The minimum atomic E-state index is -4.43.